The second-order valence-corrected chi connectivity index (χ2v) is 6.41. The van der Waals surface area contributed by atoms with Gasteiger partial charge in [-0.2, -0.15) is 0 Å². The summed E-state index contributed by atoms with van der Waals surface area (Å²) in [4.78, 5) is 28.4. The fourth-order valence-electron chi connectivity index (χ4n) is 3.04. The van der Waals surface area contributed by atoms with Crippen LogP contribution in [0.5, 0.6) is 0 Å². The molecule has 1 aliphatic rings. The number of carbonyl (C=O) groups excluding carboxylic acids is 1. The molecule has 2 heterocycles. The van der Waals surface area contributed by atoms with E-state index in [1.54, 1.807) is 36.3 Å². The standard InChI is InChI=1S/C19H22FN3O2/c1-21-10-7-16(13-18(21)24)19(25)23-9-2-8-22(11-12-23)14-15-3-5-17(20)6-4-15/h3-7,10,13H,2,8-9,11-12,14H2,1H3. The van der Waals surface area contributed by atoms with Crippen LogP contribution in [0.4, 0.5) is 4.39 Å². The second kappa shape index (κ2) is 7.61. The summed E-state index contributed by atoms with van der Waals surface area (Å²) in [7, 11) is 1.66. The van der Waals surface area contributed by atoms with E-state index in [9.17, 15) is 14.0 Å². The molecule has 2 aromatic rings. The van der Waals surface area contributed by atoms with Gasteiger partial charge in [0.2, 0.25) is 0 Å². The van der Waals surface area contributed by atoms with Gasteiger partial charge in [-0.1, -0.05) is 12.1 Å². The third-order valence-electron chi connectivity index (χ3n) is 4.55. The average Bonchev–Trinajstić information content (AvgIpc) is 2.84. The Morgan fingerprint density at radius 2 is 1.84 bits per heavy atom. The monoisotopic (exact) mass is 343 g/mol. The van der Waals surface area contributed by atoms with E-state index in [-0.39, 0.29) is 17.3 Å². The van der Waals surface area contributed by atoms with Gasteiger partial charge in [-0.25, -0.2) is 4.39 Å². The van der Waals surface area contributed by atoms with Crippen LogP contribution in [0.1, 0.15) is 22.3 Å². The van der Waals surface area contributed by atoms with Crippen LogP contribution in [-0.4, -0.2) is 46.5 Å². The Kier molecular flexibility index (Phi) is 5.28. The number of carbonyl (C=O) groups is 1. The normalized spacial score (nSPS) is 15.8. The molecule has 5 nitrogen and oxygen atoms in total. The Morgan fingerprint density at radius 3 is 2.56 bits per heavy atom. The Hall–Kier alpha value is -2.47. The summed E-state index contributed by atoms with van der Waals surface area (Å²) in [5.74, 6) is -0.327. The molecule has 1 amide bonds. The molecule has 3 rings (SSSR count). The number of aryl methyl sites for hydroxylation is 1. The quantitative estimate of drug-likeness (QED) is 0.855. The lowest BCUT2D eigenvalue weighted by atomic mass is 10.2. The van der Waals surface area contributed by atoms with Gasteiger partial charge in [-0.3, -0.25) is 14.5 Å². The van der Waals surface area contributed by atoms with Crippen molar-refractivity contribution < 1.29 is 9.18 Å². The van der Waals surface area contributed by atoms with Crippen molar-refractivity contribution in [2.45, 2.75) is 13.0 Å². The van der Waals surface area contributed by atoms with Gasteiger partial charge in [0.15, 0.2) is 0 Å². The fourth-order valence-corrected chi connectivity index (χ4v) is 3.04. The lowest BCUT2D eigenvalue weighted by Gasteiger charge is -2.22. The highest BCUT2D eigenvalue weighted by Crippen LogP contribution is 2.12. The van der Waals surface area contributed by atoms with Crippen molar-refractivity contribution in [1.29, 1.82) is 0 Å². The number of hydrogen-bond donors (Lipinski definition) is 0. The summed E-state index contributed by atoms with van der Waals surface area (Å²) in [6, 6.07) is 9.61. The van der Waals surface area contributed by atoms with E-state index >= 15 is 0 Å². The van der Waals surface area contributed by atoms with Crippen LogP contribution < -0.4 is 5.56 Å². The summed E-state index contributed by atoms with van der Waals surface area (Å²) in [6.07, 6.45) is 2.49. The molecule has 25 heavy (non-hydrogen) atoms. The number of benzene rings is 1. The first kappa shape index (κ1) is 17.4. The van der Waals surface area contributed by atoms with Crippen LogP contribution in [0.25, 0.3) is 0 Å². The van der Waals surface area contributed by atoms with Gasteiger partial charge in [-0.15, -0.1) is 0 Å². The summed E-state index contributed by atoms with van der Waals surface area (Å²) >= 11 is 0. The largest absolute Gasteiger partial charge is 0.337 e. The predicted octanol–water partition coefficient (Wildman–Crippen LogP) is 1.87. The van der Waals surface area contributed by atoms with Gasteiger partial charge in [0.25, 0.3) is 11.5 Å². The van der Waals surface area contributed by atoms with Crippen LogP contribution in [0.2, 0.25) is 0 Å². The predicted molar refractivity (Wildman–Crippen MR) is 93.9 cm³/mol. The van der Waals surface area contributed by atoms with E-state index < -0.39 is 0 Å². The number of rotatable bonds is 3. The molecule has 1 aliphatic heterocycles. The van der Waals surface area contributed by atoms with Crippen LogP contribution in [0.15, 0.2) is 47.4 Å². The zero-order valence-electron chi connectivity index (χ0n) is 14.3. The van der Waals surface area contributed by atoms with Gasteiger partial charge >= 0.3 is 0 Å². The van der Waals surface area contributed by atoms with Crippen molar-refractivity contribution in [1.82, 2.24) is 14.4 Å². The molecule has 0 atom stereocenters. The molecule has 1 aromatic heterocycles. The van der Waals surface area contributed by atoms with Gasteiger partial charge in [0, 0.05) is 57.6 Å². The highest BCUT2D eigenvalue weighted by molar-refractivity contribution is 5.94. The maximum Gasteiger partial charge on any atom is 0.254 e. The smallest absolute Gasteiger partial charge is 0.254 e. The number of hydrogen-bond acceptors (Lipinski definition) is 3. The first-order valence-electron chi connectivity index (χ1n) is 8.46. The molecule has 1 aromatic carbocycles. The van der Waals surface area contributed by atoms with Crippen LogP contribution in [0.3, 0.4) is 0 Å². The van der Waals surface area contributed by atoms with Gasteiger partial charge in [0.05, 0.1) is 0 Å². The van der Waals surface area contributed by atoms with Crippen molar-refractivity contribution in [2.24, 2.45) is 7.05 Å². The third-order valence-corrected chi connectivity index (χ3v) is 4.55. The number of nitrogens with zero attached hydrogens (tertiary/aromatic N) is 3. The van der Waals surface area contributed by atoms with Crippen LogP contribution in [-0.2, 0) is 13.6 Å². The topological polar surface area (TPSA) is 45.6 Å². The van der Waals surface area contributed by atoms with Crippen LogP contribution in [0, 0.1) is 5.82 Å². The molecular formula is C19H22FN3O2. The maximum absolute atomic E-state index is 13.0. The van der Waals surface area contributed by atoms with E-state index in [1.165, 1.54) is 22.8 Å². The van der Waals surface area contributed by atoms with Crippen molar-refractivity contribution in [3.05, 3.63) is 69.9 Å². The van der Waals surface area contributed by atoms with E-state index in [0.29, 0.717) is 18.7 Å². The lowest BCUT2D eigenvalue weighted by Crippen LogP contribution is -2.35. The van der Waals surface area contributed by atoms with Gasteiger partial charge in [-0.05, 0) is 30.2 Å². The Bertz CT molecular complexity index is 801. The number of aromatic nitrogens is 1. The molecule has 132 valence electrons. The molecule has 0 saturated carbocycles. The van der Waals surface area contributed by atoms with E-state index in [1.807, 2.05) is 0 Å². The van der Waals surface area contributed by atoms with E-state index in [0.717, 1.165) is 31.6 Å². The zero-order valence-corrected chi connectivity index (χ0v) is 14.3. The third kappa shape index (κ3) is 4.33. The number of pyridine rings is 1. The lowest BCUT2D eigenvalue weighted by molar-refractivity contribution is 0.0760. The molecule has 0 aliphatic carbocycles. The minimum atomic E-state index is -0.231. The summed E-state index contributed by atoms with van der Waals surface area (Å²) in [6.45, 7) is 3.68. The van der Waals surface area contributed by atoms with Crippen molar-refractivity contribution in [3.8, 4) is 0 Å². The van der Waals surface area contributed by atoms with Crippen LogP contribution >= 0.6 is 0 Å². The van der Waals surface area contributed by atoms with Crippen molar-refractivity contribution in [2.75, 3.05) is 26.2 Å². The minimum Gasteiger partial charge on any atom is -0.337 e. The molecule has 0 N–H and O–H groups in total. The first-order valence-corrected chi connectivity index (χ1v) is 8.46. The SMILES string of the molecule is Cn1ccc(C(=O)N2CCCN(Cc3ccc(F)cc3)CC2)cc1=O. The second-order valence-electron chi connectivity index (χ2n) is 6.41. The molecule has 0 unspecified atom stereocenters. The average molecular weight is 343 g/mol. The zero-order chi connectivity index (χ0) is 17.8. The van der Waals surface area contributed by atoms with Gasteiger partial charge in [0.1, 0.15) is 5.82 Å². The number of halogens is 1. The van der Waals surface area contributed by atoms with Crippen molar-refractivity contribution in [3.63, 3.8) is 0 Å². The maximum atomic E-state index is 13.0. The minimum absolute atomic E-state index is 0.0960. The summed E-state index contributed by atoms with van der Waals surface area (Å²) in [5.41, 5.74) is 1.32. The fraction of sp³-hybridized carbons (Fsp3) is 0.368. The number of amides is 1. The summed E-state index contributed by atoms with van der Waals surface area (Å²) in [5, 5.41) is 0. The Morgan fingerprint density at radius 1 is 1.08 bits per heavy atom. The van der Waals surface area contributed by atoms with E-state index in [4.69, 9.17) is 0 Å². The highest BCUT2D eigenvalue weighted by Gasteiger charge is 2.20. The molecular weight excluding hydrogens is 321 g/mol. The molecule has 0 radical (unpaired) electrons. The summed E-state index contributed by atoms with van der Waals surface area (Å²) < 4.78 is 14.5. The Labute approximate surface area is 146 Å². The van der Waals surface area contributed by atoms with Crippen molar-refractivity contribution >= 4 is 5.91 Å². The molecule has 0 bridgehead atoms. The van der Waals surface area contributed by atoms with E-state index in [2.05, 4.69) is 4.90 Å². The molecule has 1 fully saturated rings. The molecule has 6 heteroatoms. The highest BCUT2D eigenvalue weighted by atomic mass is 19.1. The van der Waals surface area contributed by atoms with Gasteiger partial charge < -0.3 is 9.47 Å². The molecule has 1 saturated heterocycles. The molecule has 0 spiro atoms. The Balaban J connectivity index is 1.62. The first-order chi connectivity index (χ1) is 12.0.